The van der Waals surface area contributed by atoms with E-state index >= 15 is 0 Å². The number of fused-ring (bicyclic) bond motifs is 11. The Morgan fingerprint density at radius 1 is 0.327 bits per heavy atom. The van der Waals surface area contributed by atoms with Gasteiger partial charge >= 0.3 is 0 Å². The number of hydrogen-bond acceptors (Lipinski definition) is 1. The predicted molar refractivity (Wildman–Crippen MR) is 211 cm³/mol. The maximum absolute atomic E-state index is 2.46. The van der Waals surface area contributed by atoms with Crippen molar-refractivity contribution in [1.82, 2.24) is 9.13 Å². The van der Waals surface area contributed by atoms with Gasteiger partial charge in [0.15, 0.2) is 0 Å². The number of rotatable bonds is 3. The lowest BCUT2D eigenvalue weighted by atomic mass is 10.0. The summed E-state index contributed by atoms with van der Waals surface area (Å²) in [5.41, 5.74) is 9.65. The molecule has 0 radical (unpaired) electrons. The van der Waals surface area contributed by atoms with Gasteiger partial charge in [0.05, 0.1) is 22.1 Å². The van der Waals surface area contributed by atoms with Crippen molar-refractivity contribution in [2.24, 2.45) is 0 Å². The molecule has 49 heavy (non-hydrogen) atoms. The zero-order chi connectivity index (χ0) is 32.1. The van der Waals surface area contributed by atoms with Crippen LogP contribution in [0.5, 0.6) is 0 Å². The number of hydrogen-bond donors (Lipinski definition) is 0. The van der Waals surface area contributed by atoms with Gasteiger partial charge in [-0.2, -0.15) is 0 Å². The Bertz CT molecular complexity index is 3090. The minimum absolute atomic E-state index is 1.16. The largest absolute Gasteiger partial charge is 0.309 e. The van der Waals surface area contributed by atoms with E-state index in [0.29, 0.717) is 0 Å². The van der Waals surface area contributed by atoms with E-state index in [1.807, 2.05) is 11.3 Å². The van der Waals surface area contributed by atoms with E-state index in [2.05, 4.69) is 179 Å². The highest BCUT2D eigenvalue weighted by molar-refractivity contribution is 7.26. The van der Waals surface area contributed by atoms with Crippen molar-refractivity contribution in [2.75, 3.05) is 0 Å². The zero-order valence-electron chi connectivity index (χ0n) is 26.5. The van der Waals surface area contributed by atoms with Gasteiger partial charge in [-0.1, -0.05) is 103 Å². The molecular formula is C46H28N2S. The van der Waals surface area contributed by atoms with Crippen molar-refractivity contribution in [3.8, 4) is 22.5 Å². The molecule has 3 heteroatoms. The predicted octanol–water partition coefficient (Wildman–Crippen LogP) is 13.1. The number of benzene rings is 8. The molecule has 8 aromatic carbocycles. The highest BCUT2D eigenvalue weighted by atomic mass is 32.1. The van der Waals surface area contributed by atoms with E-state index in [-0.39, 0.29) is 0 Å². The van der Waals surface area contributed by atoms with Gasteiger partial charge in [0.25, 0.3) is 0 Å². The van der Waals surface area contributed by atoms with Crippen LogP contribution < -0.4 is 0 Å². The molecule has 0 spiro atoms. The molecule has 0 atom stereocenters. The molecule has 228 valence electrons. The highest BCUT2D eigenvalue weighted by Crippen LogP contribution is 2.45. The Kier molecular flexibility index (Phi) is 5.57. The quantitative estimate of drug-likeness (QED) is 0.182. The minimum atomic E-state index is 1.16. The normalized spacial score (nSPS) is 12.1. The van der Waals surface area contributed by atoms with Crippen LogP contribution in [0.15, 0.2) is 170 Å². The second-order valence-corrected chi connectivity index (χ2v) is 14.0. The van der Waals surface area contributed by atoms with Gasteiger partial charge < -0.3 is 9.13 Å². The van der Waals surface area contributed by atoms with Gasteiger partial charge in [0.2, 0.25) is 0 Å². The molecule has 2 nitrogen and oxygen atoms in total. The van der Waals surface area contributed by atoms with E-state index in [1.165, 1.54) is 91.4 Å². The SMILES string of the molecule is c1ccc(-n2c3cc4c(cc3c3c5c(ccc32)sc2ccccc25)c2ccccc2n4-c2ccc(-c3ccc4ccccc4c3)cc2)cc1. The average Bonchev–Trinajstić information content (AvgIpc) is 3.81. The van der Waals surface area contributed by atoms with E-state index in [0.717, 1.165) is 5.69 Å². The van der Waals surface area contributed by atoms with Crippen LogP contribution in [-0.4, -0.2) is 9.13 Å². The summed E-state index contributed by atoms with van der Waals surface area (Å²) in [4.78, 5) is 0. The fraction of sp³-hybridized carbons (Fsp3) is 0. The number of thiophene rings is 1. The van der Waals surface area contributed by atoms with Crippen LogP contribution in [0.3, 0.4) is 0 Å². The van der Waals surface area contributed by atoms with Gasteiger partial charge in [0.1, 0.15) is 0 Å². The van der Waals surface area contributed by atoms with Gasteiger partial charge in [-0.3, -0.25) is 0 Å². The molecule has 3 aromatic heterocycles. The third-order valence-corrected chi connectivity index (χ3v) is 11.4. The molecule has 11 rings (SSSR count). The first-order chi connectivity index (χ1) is 24.3. The van der Waals surface area contributed by atoms with E-state index in [9.17, 15) is 0 Å². The third kappa shape index (κ3) is 3.88. The molecule has 0 fully saturated rings. The monoisotopic (exact) mass is 640 g/mol. The smallest absolute Gasteiger partial charge is 0.0562 e. The van der Waals surface area contributed by atoms with Crippen LogP contribution >= 0.6 is 11.3 Å². The number of aromatic nitrogens is 2. The van der Waals surface area contributed by atoms with Gasteiger partial charge in [-0.05, 0) is 88.6 Å². The standard InChI is InChI=1S/C46H28N2S/c1-2-12-33(13-3-1)48-40-24-25-44-46(36-15-7-9-17-43(36)49-44)45(40)38-27-37-35-14-6-8-16-39(35)47(41(37)28-42(38)48)34-22-20-30(21-23-34)32-19-18-29-10-4-5-11-31(29)26-32/h1-28H. The molecule has 0 aliphatic heterocycles. The fourth-order valence-corrected chi connectivity index (χ4v) is 9.20. The fourth-order valence-electron chi connectivity index (χ4n) is 8.09. The van der Waals surface area contributed by atoms with Gasteiger partial charge in [-0.15, -0.1) is 11.3 Å². The summed E-state index contributed by atoms with van der Waals surface area (Å²) in [5, 5.41) is 10.4. The van der Waals surface area contributed by atoms with Crippen molar-refractivity contribution < 1.29 is 0 Å². The van der Waals surface area contributed by atoms with E-state index in [1.54, 1.807) is 0 Å². The second kappa shape index (κ2) is 10.2. The molecule has 0 saturated heterocycles. The van der Waals surface area contributed by atoms with Crippen molar-refractivity contribution in [3.63, 3.8) is 0 Å². The first-order valence-electron chi connectivity index (χ1n) is 16.8. The van der Waals surface area contributed by atoms with Gasteiger partial charge in [-0.25, -0.2) is 0 Å². The Hall–Kier alpha value is -6.16. The molecule has 3 heterocycles. The molecule has 0 aliphatic carbocycles. The molecular weight excluding hydrogens is 613 g/mol. The summed E-state index contributed by atoms with van der Waals surface area (Å²) in [5.74, 6) is 0. The van der Waals surface area contributed by atoms with Crippen LogP contribution in [0.2, 0.25) is 0 Å². The van der Waals surface area contributed by atoms with Crippen molar-refractivity contribution >= 4 is 85.9 Å². The van der Waals surface area contributed by atoms with Crippen LogP contribution in [0, 0.1) is 0 Å². The molecule has 0 aliphatic rings. The lowest BCUT2D eigenvalue weighted by Gasteiger charge is -2.11. The summed E-state index contributed by atoms with van der Waals surface area (Å²) in [6, 6.07) is 62.4. The lowest BCUT2D eigenvalue weighted by Crippen LogP contribution is -1.95. The number of nitrogens with zero attached hydrogens (tertiary/aromatic N) is 2. The Balaban J connectivity index is 1.21. The third-order valence-electron chi connectivity index (χ3n) is 10.3. The first-order valence-corrected chi connectivity index (χ1v) is 17.6. The summed E-state index contributed by atoms with van der Waals surface area (Å²) in [6.07, 6.45) is 0. The summed E-state index contributed by atoms with van der Waals surface area (Å²) in [7, 11) is 0. The molecule has 0 N–H and O–H groups in total. The Labute approximate surface area is 286 Å². The van der Waals surface area contributed by atoms with Crippen molar-refractivity contribution in [2.45, 2.75) is 0 Å². The van der Waals surface area contributed by atoms with Crippen LogP contribution in [0.1, 0.15) is 0 Å². The molecule has 11 aromatic rings. The molecule has 0 saturated carbocycles. The maximum atomic E-state index is 2.46. The second-order valence-electron chi connectivity index (χ2n) is 12.9. The van der Waals surface area contributed by atoms with Crippen molar-refractivity contribution in [1.29, 1.82) is 0 Å². The summed E-state index contributed by atoms with van der Waals surface area (Å²) >= 11 is 1.88. The summed E-state index contributed by atoms with van der Waals surface area (Å²) < 4.78 is 7.56. The van der Waals surface area contributed by atoms with Crippen molar-refractivity contribution in [3.05, 3.63) is 170 Å². The summed E-state index contributed by atoms with van der Waals surface area (Å²) in [6.45, 7) is 0. The van der Waals surface area contributed by atoms with E-state index in [4.69, 9.17) is 0 Å². The van der Waals surface area contributed by atoms with Gasteiger partial charge in [0, 0.05) is 53.1 Å². The Morgan fingerprint density at radius 3 is 1.88 bits per heavy atom. The molecule has 0 amide bonds. The maximum Gasteiger partial charge on any atom is 0.0562 e. The van der Waals surface area contributed by atoms with E-state index < -0.39 is 0 Å². The van der Waals surface area contributed by atoms with Crippen LogP contribution in [0.25, 0.3) is 97.1 Å². The number of para-hydroxylation sites is 2. The lowest BCUT2D eigenvalue weighted by molar-refractivity contribution is 1.17. The van der Waals surface area contributed by atoms with Crippen LogP contribution in [0.4, 0.5) is 0 Å². The average molecular weight is 641 g/mol. The molecule has 0 bridgehead atoms. The highest BCUT2D eigenvalue weighted by Gasteiger charge is 2.21. The van der Waals surface area contributed by atoms with Crippen LogP contribution in [-0.2, 0) is 0 Å². The molecule has 0 unspecified atom stereocenters. The first kappa shape index (κ1) is 26.9. The topological polar surface area (TPSA) is 9.86 Å². The zero-order valence-corrected chi connectivity index (χ0v) is 27.3. The Morgan fingerprint density at radius 2 is 1.00 bits per heavy atom. The minimum Gasteiger partial charge on any atom is -0.309 e.